The van der Waals surface area contributed by atoms with E-state index in [1.54, 1.807) is 23.2 Å². The molecule has 0 radical (unpaired) electrons. The molecule has 1 aromatic heterocycles. The highest BCUT2D eigenvalue weighted by molar-refractivity contribution is 5.76. The van der Waals surface area contributed by atoms with Gasteiger partial charge in [-0.15, -0.1) is 0 Å². The molecule has 0 unspecified atom stereocenters. The first-order chi connectivity index (χ1) is 11.6. The van der Waals surface area contributed by atoms with E-state index in [0.29, 0.717) is 0 Å². The van der Waals surface area contributed by atoms with Crippen LogP contribution in [0.1, 0.15) is 30.0 Å². The first-order valence-corrected chi connectivity index (χ1v) is 8.18. The standard InChI is InChI=1S/C19H22N2O3/c1-20(16-10-5-8-14-7-3-4-9-15(14)16)18(22)13-21-12-6-11-17(24-2)19(21)23/h3-4,6-7,9,11-12,16H,5,8,10,13H2,1-2H3/t16-/m1/s1. The number of carbonyl (C=O) groups is 1. The van der Waals surface area contributed by atoms with E-state index in [1.807, 2.05) is 19.2 Å². The fourth-order valence-corrected chi connectivity index (χ4v) is 3.36. The summed E-state index contributed by atoms with van der Waals surface area (Å²) in [7, 11) is 3.27. The van der Waals surface area contributed by atoms with Crippen LogP contribution in [0.2, 0.25) is 0 Å². The fraction of sp³-hybridized carbons (Fsp3) is 0.368. The Hall–Kier alpha value is -2.56. The zero-order valence-corrected chi connectivity index (χ0v) is 14.1. The first-order valence-electron chi connectivity index (χ1n) is 8.18. The van der Waals surface area contributed by atoms with Gasteiger partial charge in [-0.1, -0.05) is 24.3 Å². The van der Waals surface area contributed by atoms with Crippen molar-refractivity contribution < 1.29 is 9.53 Å². The highest BCUT2D eigenvalue weighted by Gasteiger charge is 2.26. The minimum atomic E-state index is -0.286. The van der Waals surface area contributed by atoms with Crippen LogP contribution >= 0.6 is 0 Å². The van der Waals surface area contributed by atoms with Gasteiger partial charge in [0.05, 0.1) is 13.2 Å². The molecule has 24 heavy (non-hydrogen) atoms. The number of hydrogen-bond donors (Lipinski definition) is 0. The summed E-state index contributed by atoms with van der Waals surface area (Å²) in [4.78, 5) is 26.7. The summed E-state index contributed by atoms with van der Waals surface area (Å²) in [6, 6.07) is 11.7. The average Bonchev–Trinajstić information content (AvgIpc) is 2.62. The van der Waals surface area contributed by atoms with Gasteiger partial charge in [0.25, 0.3) is 5.56 Å². The number of pyridine rings is 1. The molecule has 0 N–H and O–H groups in total. The van der Waals surface area contributed by atoms with E-state index < -0.39 is 0 Å². The molecule has 0 spiro atoms. The third kappa shape index (κ3) is 3.07. The van der Waals surface area contributed by atoms with Crippen molar-refractivity contribution in [2.75, 3.05) is 14.2 Å². The van der Waals surface area contributed by atoms with Crippen LogP contribution in [-0.2, 0) is 17.8 Å². The topological polar surface area (TPSA) is 51.5 Å². The van der Waals surface area contributed by atoms with Gasteiger partial charge in [-0.2, -0.15) is 0 Å². The predicted octanol–water partition coefficient (Wildman–Crippen LogP) is 2.39. The lowest BCUT2D eigenvalue weighted by molar-refractivity contribution is -0.133. The highest BCUT2D eigenvalue weighted by atomic mass is 16.5. The Bertz CT molecular complexity index is 797. The van der Waals surface area contributed by atoms with Crippen LogP contribution in [0, 0.1) is 0 Å². The molecule has 1 aliphatic rings. The minimum Gasteiger partial charge on any atom is -0.491 e. The van der Waals surface area contributed by atoms with Crippen LogP contribution in [0.15, 0.2) is 47.4 Å². The lowest BCUT2D eigenvalue weighted by atomic mass is 9.87. The predicted molar refractivity (Wildman–Crippen MR) is 92.1 cm³/mol. The number of aromatic nitrogens is 1. The maximum absolute atomic E-state index is 12.7. The summed E-state index contributed by atoms with van der Waals surface area (Å²) in [6.45, 7) is 0.0190. The molecule has 0 saturated carbocycles. The molecule has 1 aromatic carbocycles. The van der Waals surface area contributed by atoms with Crippen molar-refractivity contribution >= 4 is 5.91 Å². The second-order valence-electron chi connectivity index (χ2n) is 6.12. The molecule has 1 atom stereocenters. The summed E-state index contributed by atoms with van der Waals surface area (Å²) in [5.41, 5.74) is 2.25. The van der Waals surface area contributed by atoms with E-state index in [1.165, 1.54) is 22.8 Å². The normalized spacial score (nSPS) is 16.3. The Balaban J connectivity index is 1.80. The van der Waals surface area contributed by atoms with Crippen LogP contribution in [0.5, 0.6) is 5.75 Å². The highest BCUT2D eigenvalue weighted by Crippen LogP contribution is 2.33. The molecule has 1 amide bonds. The third-order valence-corrected chi connectivity index (χ3v) is 4.71. The van der Waals surface area contributed by atoms with Crippen molar-refractivity contribution in [3.05, 3.63) is 64.1 Å². The van der Waals surface area contributed by atoms with Crippen LogP contribution in [0.25, 0.3) is 0 Å². The van der Waals surface area contributed by atoms with Gasteiger partial charge >= 0.3 is 0 Å². The zero-order valence-electron chi connectivity index (χ0n) is 14.1. The van der Waals surface area contributed by atoms with Crippen molar-refractivity contribution in [1.29, 1.82) is 0 Å². The van der Waals surface area contributed by atoms with Crippen molar-refractivity contribution in [2.24, 2.45) is 0 Å². The molecule has 126 valence electrons. The second-order valence-corrected chi connectivity index (χ2v) is 6.12. The summed E-state index contributed by atoms with van der Waals surface area (Å²) in [6.07, 6.45) is 4.69. The van der Waals surface area contributed by atoms with Crippen molar-refractivity contribution in [2.45, 2.75) is 31.8 Å². The Morgan fingerprint density at radius 3 is 2.88 bits per heavy atom. The smallest absolute Gasteiger partial charge is 0.293 e. The van der Waals surface area contributed by atoms with Gasteiger partial charge in [0.15, 0.2) is 5.75 Å². The van der Waals surface area contributed by atoms with Crippen LogP contribution < -0.4 is 10.3 Å². The summed E-state index contributed by atoms with van der Waals surface area (Å²) in [5.74, 6) is 0.169. The summed E-state index contributed by atoms with van der Waals surface area (Å²) in [5, 5.41) is 0. The van der Waals surface area contributed by atoms with Gasteiger partial charge in [0.2, 0.25) is 5.91 Å². The number of rotatable bonds is 4. The van der Waals surface area contributed by atoms with Crippen molar-refractivity contribution in [3.8, 4) is 5.75 Å². The number of fused-ring (bicyclic) bond motifs is 1. The molecule has 3 rings (SSSR count). The number of carbonyl (C=O) groups excluding carboxylic acids is 1. The number of methoxy groups -OCH3 is 1. The number of benzene rings is 1. The van der Waals surface area contributed by atoms with Crippen molar-refractivity contribution in [1.82, 2.24) is 9.47 Å². The molecular formula is C19H22N2O3. The second kappa shape index (κ2) is 6.91. The lowest BCUT2D eigenvalue weighted by Crippen LogP contribution is -2.37. The first kappa shape index (κ1) is 16.3. The Morgan fingerprint density at radius 1 is 1.29 bits per heavy atom. The van der Waals surface area contributed by atoms with Gasteiger partial charge in [-0.05, 0) is 42.5 Å². The molecule has 5 nitrogen and oxygen atoms in total. The fourth-order valence-electron chi connectivity index (χ4n) is 3.36. The minimum absolute atomic E-state index is 0.0190. The third-order valence-electron chi connectivity index (χ3n) is 4.71. The number of amides is 1. The molecule has 2 aromatic rings. The molecule has 0 bridgehead atoms. The van der Waals surface area contributed by atoms with Gasteiger partial charge in [0.1, 0.15) is 6.54 Å². The molecule has 0 aliphatic heterocycles. The van der Waals surface area contributed by atoms with Gasteiger partial charge in [-0.25, -0.2) is 0 Å². The van der Waals surface area contributed by atoms with Gasteiger partial charge in [-0.3, -0.25) is 9.59 Å². The number of hydrogen-bond acceptors (Lipinski definition) is 3. The number of nitrogens with zero attached hydrogens (tertiary/aromatic N) is 2. The molecule has 5 heteroatoms. The van der Waals surface area contributed by atoms with E-state index in [-0.39, 0.29) is 29.8 Å². The number of likely N-dealkylation sites (N-methyl/N-ethyl adjacent to an activating group) is 1. The van der Waals surface area contributed by atoms with Gasteiger partial charge in [0, 0.05) is 13.2 Å². The quantitative estimate of drug-likeness (QED) is 0.867. The van der Waals surface area contributed by atoms with Crippen molar-refractivity contribution in [3.63, 3.8) is 0 Å². The average molecular weight is 326 g/mol. The molecule has 0 saturated heterocycles. The maximum Gasteiger partial charge on any atom is 0.293 e. The molecule has 1 heterocycles. The summed E-state index contributed by atoms with van der Waals surface area (Å²) >= 11 is 0. The van der Waals surface area contributed by atoms with Gasteiger partial charge < -0.3 is 14.2 Å². The number of aryl methyl sites for hydroxylation is 1. The monoisotopic (exact) mass is 326 g/mol. The lowest BCUT2D eigenvalue weighted by Gasteiger charge is -2.33. The Morgan fingerprint density at radius 2 is 2.08 bits per heavy atom. The zero-order chi connectivity index (χ0) is 17.1. The largest absolute Gasteiger partial charge is 0.491 e. The van der Waals surface area contributed by atoms with E-state index in [2.05, 4.69) is 12.1 Å². The van der Waals surface area contributed by atoms with E-state index in [9.17, 15) is 9.59 Å². The molecule has 0 fully saturated rings. The van der Waals surface area contributed by atoms with Crippen LogP contribution in [-0.4, -0.2) is 29.5 Å². The van der Waals surface area contributed by atoms with E-state index in [4.69, 9.17) is 4.74 Å². The SMILES string of the molecule is COc1cccn(CC(=O)N(C)[C@@H]2CCCc3ccccc32)c1=O. The van der Waals surface area contributed by atoms with E-state index >= 15 is 0 Å². The van der Waals surface area contributed by atoms with E-state index in [0.717, 1.165) is 19.3 Å². The molecular weight excluding hydrogens is 304 g/mol. The molecule has 1 aliphatic carbocycles. The Kier molecular flexibility index (Phi) is 4.69. The number of ether oxygens (including phenoxy) is 1. The van der Waals surface area contributed by atoms with Crippen LogP contribution in [0.4, 0.5) is 0 Å². The summed E-state index contributed by atoms with van der Waals surface area (Å²) < 4.78 is 6.43. The Labute approximate surface area is 141 Å². The maximum atomic E-state index is 12.7. The van der Waals surface area contributed by atoms with Crippen LogP contribution in [0.3, 0.4) is 0 Å².